The molecule has 1 aromatic heterocycles. The highest BCUT2D eigenvalue weighted by Crippen LogP contribution is 2.39. The summed E-state index contributed by atoms with van der Waals surface area (Å²) in [6.07, 6.45) is 3.58. The predicted molar refractivity (Wildman–Crippen MR) is 115 cm³/mol. The summed E-state index contributed by atoms with van der Waals surface area (Å²) in [6, 6.07) is 8.64. The smallest absolute Gasteiger partial charge is 0.190 e. The predicted octanol–water partition coefficient (Wildman–Crippen LogP) is 5.57. The maximum absolute atomic E-state index is 4.63. The summed E-state index contributed by atoms with van der Waals surface area (Å²) in [5.41, 5.74) is 9.74. The minimum absolute atomic E-state index is 0.745. The zero-order valence-corrected chi connectivity index (χ0v) is 17.9. The molecule has 27 heavy (non-hydrogen) atoms. The average Bonchev–Trinajstić information content (AvgIpc) is 2.67. The molecule has 0 unspecified atom stereocenters. The quantitative estimate of drug-likeness (QED) is 0.555. The Bertz CT molecular complexity index is 951. The number of thioether (sulfide) groups is 1. The molecular weight excluding hydrogens is 352 g/mol. The molecule has 0 aliphatic rings. The van der Waals surface area contributed by atoms with Gasteiger partial charge >= 0.3 is 0 Å². The maximum atomic E-state index is 4.63. The Hall–Kier alpha value is -2.40. The van der Waals surface area contributed by atoms with Gasteiger partial charge in [0, 0.05) is 24.0 Å². The molecule has 0 atom stereocenters. The second-order valence-corrected chi connectivity index (χ2v) is 7.69. The molecule has 140 valence electrons. The number of nitrogens with zero attached hydrogens (tertiary/aromatic N) is 4. The SMILES string of the molecule is CSc1ncnc(-c2c(C)c(C)c(N(C)c3ccc(C)cc3)c(C)c2C)n1. The van der Waals surface area contributed by atoms with Crippen LogP contribution < -0.4 is 4.90 Å². The normalized spacial score (nSPS) is 10.9. The van der Waals surface area contributed by atoms with E-state index in [1.807, 2.05) is 6.26 Å². The van der Waals surface area contributed by atoms with Crippen LogP contribution in [-0.4, -0.2) is 28.3 Å². The van der Waals surface area contributed by atoms with Crippen LogP contribution >= 0.6 is 11.8 Å². The van der Waals surface area contributed by atoms with E-state index >= 15 is 0 Å². The summed E-state index contributed by atoms with van der Waals surface area (Å²) in [5, 5.41) is 0.745. The molecule has 0 amide bonds. The molecule has 0 N–H and O–H groups in total. The zero-order chi connectivity index (χ0) is 19.7. The molecule has 0 aliphatic carbocycles. The molecule has 0 bridgehead atoms. The first-order valence-corrected chi connectivity index (χ1v) is 10.2. The van der Waals surface area contributed by atoms with Crippen molar-refractivity contribution in [2.24, 2.45) is 0 Å². The molecule has 1 heterocycles. The van der Waals surface area contributed by atoms with Crippen LogP contribution in [0.3, 0.4) is 0 Å². The van der Waals surface area contributed by atoms with Crippen molar-refractivity contribution in [2.45, 2.75) is 39.8 Å². The van der Waals surface area contributed by atoms with E-state index in [0.29, 0.717) is 0 Å². The van der Waals surface area contributed by atoms with Crippen LogP contribution in [0.1, 0.15) is 27.8 Å². The number of anilines is 2. The molecule has 3 rings (SSSR count). The second-order valence-electron chi connectivity index (χ2n) is 6.91. The van der Waals surface area contributed by atoms with Crippen LogP contribution in [0.2, 0.25) is 0 Å². The van der Waals surface area contributed by atoms with E-state index in [1.165, 1.54) is 51.0 Å². The maximum Gasteiger partial charge on any atom is 0.190 e. The van der Waals surface area contributed by atoms with Crippen LogP contribution in [0.15, 0.2) is 35.7 Å². The molecule has 0 radical (unpaired) electrons. The minimum atomic E-state index is 0.745. The van der Waals surface area contributed by atoms with Crippen LogP contribution in [0.25, 0.3) is 11.4 Å². The molecule has 0 saturated heterocycles. The summed E-state index contributed by atoms with van der Waals surface area (Å²) in [5.74, 6) is 0.750. The van der Waals surface area contributed by atoms with Crippen molar-refractivity contribution < 1.29 is 0 Å². The summed E-state index contributed by atoms with van der Waals surface area (Å²) in [7, 11) is 2.13. The highest BCUT2D eigenvalue weighted by molar-refractivity contribution is 7.98. The van der Waals surface area contributed by atoms with Gasteiger partial charge in [0.05, 0.1) is 0 Å². The first-order valence-electron chi connectivity index (χ1n) is 8.99. The Morgan fingerprint density at radius 3 is 1.96 bits per heavy atom. The van der Waals surface area contributed by atoms with E-state index in [9.17, 15) is 0 Å². The molecule has 3 aromatic rings. The van der Waals surface area contributed by atoms with Gasteiger partial charge in [-0.2, -0.15) is 0 Å². The van der Waals surface area contributed by atoms with E-state index < -0.39 is 0 Å². The molecule has 0 saturated carbocycles. The fraction of sp³-hybridized carbons (Fsp3) is 0.318. The van der Waals surface area contributed by atoms with Gasteiger partial charge in [-0.15, -0.1) is 0 Å². The average molecular weight is 379 g/mol. The molecule has 0 spiro atoms. The molecular formula is C22H26N4S. The Balaban J connectivity index is 2.17. The summed E-state index contributed by atoms with van der Waals surface area (Å²) in [6.45, 7) is 10.8. The monoisotopic (exact) mass is 378 g/mol. The molecule has 4 nitrogen and oxygen atoms in total. The van der Waals surface area contributed by atoms with Gasteiger partial charge in [-0.1, -0.05) is 29.5 Å². The van der Waals surface area contributed by atoms with Gasteiger partial charge in [0.2, 0.25) is 0 Å². The van der Waals surface area contributed by atoms with Crippen molar-refractivity contribution in [3.63, 3.8) is 0 Å². The van der Waals surface area contributed by atoms with E-state index in [0.717, 1.165) is 16.5 Å². The fourth-order valence-electron chi connectivity index (χ4n) is 3.53. The lowest BCUT2D eigenvalue weighted by molar-refractivity contribution is 0.910. The van der Waals surface area contributed by atoms with E-state index in [4.69, 9.17) is 0 Å². The Morgan fingerprint density at radius 1 is 0.815 bits per heavy atom. The highest BCUT2D eigenvalue weighted by Gasteiger charge is 2.20. The summed E-state index contributed by atoms with van der Waals surface area (Å²) < 4.78 is 0. The van der Waals surface area contributed by atoms with Crippen molar-refractivity contribution in [3.05, 3.63) is 58.4 Å². The first-order chi connectivity index (χ1) is 12.8. The van der Waals surface area contributed by atoms with Crippen LogP contribution in [0, 0.1) is 34.6 Å². The van der Waals surface area contributed by atoms with Gasteiger partial charge < -0.3 is 4.90 Å². The molecule has 0 fully saturated rings. The number of rotatable bonds is 4. The van der Waals surface area contributed by atoms with E-state index in [2.05, 4.69) is 85.8 Å². The highest BCUT2D eigenvalue weighted by atomic mass is 32.2. The van der Waals surface area contributed by atoms with Crippen LogP contribution in [0.5, 0.6) is 0 Å². The van der Waals surface area contributed by atoms with Crippen molar-refractivity contribution in [1.82, 2.24) is 15.0 Å². The second kappa shape index (κ2) is 7.69. The third-order valence-electron chi connectivity index (χ3n) is 5.30. The van der Waals surface area contributed by atoms with Gasteiger partial charge in [0.15, 0.2) is 11.0 Å². The number of benzene rings is 2. The van der Waals surface area contributed by atoms with E-state index in [1.54, 1.807) is 6.33 Å². The number of aryl methyl sites for hydroxylation is 1. The van der Waals surface area contributed by atoms with Gasteiger partial charge in [-0.25, -0.2) is 15.0 Å². The first kappa shape index (κ1) is 19.4. The lowest BCUT2D eigenvalue weighted by Crippen LogP contribution is -2.15. The third-order valence-corrected chi connectivity index (χ3v) is 5.86. The molecule has 2 aromatic carbocycles. The fourth-order valence-corrected chi connectivity index (χ4v) is 3.86. The van der Waals surface area contributed by atoms with Crippen molar-refractivity contribution >= 4 is 23.1 Å². The minimum Gasteiger partial charge on any atom is -0.344 e. The van der Waals surface area contributed by atoms with Crippen molar-refractivity contribution in [2.75, 3.05) is 18.2 Å². The summed E-state index contributed by atoms with van der Waals surface area (Å²) >= 11 is 1.53. The number of hydrogen-bond donors (Lipinski definition) is 0. The van der Waals surface area contributed by atoms with Gasteiger partial charge in [-0.3, -0.25) is 0 Å². The Kier molecular flexibility index (Phi) is 5.51. The molecule has 0 aliphatic heterocycles. The van der Waals surface area contributed by atoms with Crippen LogP contribution in [-0.2, 0) is 0 Å². The third kappa shape index (κ3) is 3.56. The van der Waals surface area contributed by atoms with Gasteiger partial charge in [-0.05, 0) is 75.3 Å². The van der Waals surface area contributed by atoms with Gasteiger partial charge in [0.25, 0.3) is 0 Å². The van der Waals surface area contributed by atoms with Crippen molar-refractivity contribution in [3.8, 4) is 11.4 Å². The standard InChI is InChI=1S/C22H26N4S/c1-13-8-10-18(11-9-13)26(6)20-16(4)14(2)19(15(3)17(20)5)21-23-12-24-22(25-21)27-7/h8-12H,1-7H3. The number of hydrogen-bond acceptors (Lipinski definition) is 5. The van der Waals surface area contributed by atoms with E-state index in [-0.39, 0.29) is 0 Å². The summed E-state index contributed by atoms with van der Waals surface area (Å²) in [4.78, 5) is 15.6. The Morgan fingerprint density at radius 2 is 1.41 bits per heavy atom. The number of aromatic nitrogens is 3. The lowest BCUT2D eigenvalue weighted by Gasteiger charge is -2.28. The zero-order valence-electron chi connectivity index (χ0n) is 17.1. The van der Waals surface area contributed by atoms with Crippen molar-refractivity contribution in [1.29, 1.82) is 0 Å². The van der Waals surface area contributed by atoms with Gasteiger partial charge in [0.1, 0.15) is 6.33 Å². The Labute approximate surface area is 166 Å². The van der Waals surface area contributed by atoms with Crippen LogP contribution in [0.4, 0.5) is 11.4 Å². The molecule has 5 heteroatoms. The largest absolute Gasteiger partial charge is 0.344 e. The lowest BCUT2D eigenvalue weighted by atomic mass is 9.91. The topological polar surface area (TPSA) is 41.9 Å².